The van der Waals surface area contributed by atoms with Crippen LogP contribution in [0.15, 0.2) is 0 Å². The molecule has 12 heteroatoms. The van der Waals surface area contributed by atoms with E-state index in [1.54, 1.807) is 0 Å². The molecule has 0 radical (unpaired) electrons. The van der Waals surface area contributed by atoms with E-state index in [9.17, 15) is 25.2 Å². The molecule has 0 heterocycles. The molecule has 0 saturated heterocycles. The zero-order valence-corrected chi connectivity index (χ0v) is 8.32. The van der Waals surface area contributed by atoms with Crippen molar-refractivity contribution in [2.45, 2.75) is 0 Å². The maximum absolute atomic E-state index is 10.7. The summed E-state index contributed by atoms with van der Waals surface area (Å²) < 4.78 is 59.2. The first-order chi connectivity index (χ1) is 4.18. The van der Waals surface area contributed by atoms with Crippen molar-refractivity contribution in [3.8, 4) is 0 Å². The van der Waals surface area contributed by atoms with Crippen LogP contribution in [0.25, 0.3) is 0 Å². The maximum atomic E-state index is 9.87. The minimum atomic E-state index is -10.7. The Balaban J connectivity index is -0.000000142. The summed E-state index contributed by atoms with van der Waals surface area (Å²) >= 11 is 0. The number of rotatable bonds is 0. The van der Waals surface area contributed by atoms with Gasteiger partial charge in [0.15, 0.2) is 0 Å². The largest absolute Gasteiger partial charge is 1.00 e. The van der Waals surface area contributed by atoms with E-state index >= 15 is 0 Å². The van der Waals surface area contributed by atoms with E-state index in [-0.39, 0.29) is 29.6 Å². The average molecular weight is 231 g/mol. The molecule has 0 aliphatic heterocycles. The predicted molar refractivity (Wildman–Crippen MR) is 22.3 cm³/mol. The van der Waals surface area contributed by atoms with Gasteiger partial charge in [-0.25, -0.2) is 0 Å². The summed E-state index contributed by atoms with van der Waals surface area (Å²) in [6, 6.07) is 0. The van der Waals surface area contributed by atoms with Crippen LogP contribution in [0.5, 0.6) is 0 Å². The Kier molecular flexibility index (Phi) is 5.31. The summed E-state index contributed by atoms with van der Waals surface area (Å²) in [5, 5.41) is 13.6. The molecular weight excluding hydrogens is 230 g/mol. The Bertz CT molecular complexity index is 141. The van der Waals surface area contributed by atoms with E-state index in [0.29, 0.717) is 0 Å². The quantitative estimate of drug-likeness (QED) is 0.210. The van der Waals surface area contributed by atoms with E-state index in [2.05, 4.69) is 0 Å². The smallest absolute Gasteiger partial charge is 0.328 e. The van der Waals surface area contributed by atoms with Crippen LogP contribution >= 0.6 is 7.81 Å². The van der Waals surface area contributed by atoms with Crippen molar-refractivity contribution in [1.82, 2.24) is 0 Å². The van der Waals surface area contributed by atoms with Gasteiger partial charge in [-0.15, -0.1) is 10.1 Å². The Morgan fingerprint density at radius 2 is 1.08 bits per heavy atom. The second kappa shape index (κ2) is 3.52. The van der Waals surface area contributed by atoms with E-state index in [1.165, 1.54) is 0 Å². The summed E-state index contributed by atoms with van der Waals surface area (Å²) in [4.78, 5) is 8.36. The molecule has 0 aromatic carbocycles. The van der Waals surface area contributed by atoms with Crippen LogP contribution in [0, 0.1) is 10.1 Å². The third kappa shape index (κ3) is 19600. The standard InChI is InChI=1S/F6P.HNO3.Na/c1-7(2,3,4,5)6;2-1(3)4;/h;(H,2,3,4);/q-1;;+1. The molecule has 0 aliphatic rings. The molecule has 0 aromatic rings. The molecule has 0 atom stereocenters. The minimum absolute atomic E-state index is 0. The first-order valence-electron chi connectivity index (χ1n) is 1.58. The predicted octanol–water partition coefficient (Wildman–Crippen LogP) is 0.0387. The molecule has 0 bridgehead atoms. The fourth-order valence-corrected chi connectivity index (χ4v) is 0. The molecule has 1 N–H and O–H groups in total. The van der Waals surface area contributed by atoms with Crippen LogP contribution in [0.4, 0.5) is 25.2 Å². The molecule has 0 fully saturated rings. The molecule has 0 aromatic heterocycles. The van der Waals surface area contributed by atoms with Crippen molar-refractivity contribution in [2.75, 3.05) is 0 Å². The van der Waals surface area contributed by atoms with Gasteiger partial charge >= 0.3 is 62.5 Å². The van der Waals surface area contributed by atoms with Gasteiger partial charge in [-0.05, 0) is 0 Å². The molecule has 72 valence electrons. The van der Waals surface area contributed by atoms with Crippen LogP contribution in [0.2, 0.25) is 0 Å². The molecule has 12 heavy (non-hydrogen) atoms. The summed E-state index contributed by atoms with van der Waals surface area (Å²) in [6.45, 7) is 0. The van der Waals surface area contributed by atoms with Crippen LogP contribution in [0.3, 0.4) is 0 Å². The Morgan fingerprint density at radius 3 is 1.08 bits per heavy atom. The normalized spacial score (nSPS) is 15.5. The van der Waals surface area contributed by atoms with E-state index in [1.807, 2.05) is 0 Å². The van der Waals surface area contributed by atoms with Gasteiger partial charge in [0.2, 0.25) is 0 Å². The molecular formula is HF6NNaO3P. The second-order valence-corrected chi connectivity index (χ2v) is 3.11. The van der Waals surface area contributed by atoms with Crippen LogP contribution in [-0.2, 0) is 0 Å². The van der Waals surface area contributed by atoms with E-state index in [4.69, 9.17) is 15.3 Å². The first kappa shape index (κ1) is 18.1. The van der Waals surface area contributed by atoms with Crippen molar-refractivity contribution in [2.24, 2.45) is 0 Å². The molecule has 0 spiro atoms. The number of hydrogen-bond donors (Lipinski definition) is 1. The average Bonchev–Trinajstić information content (AvgIpc) is 1.11. The number of hydrogen-bond acceptors (Lipinski definition) is 2. The molecule has 0 unspecified atom stereocenters. The Morgan fingerprint density at radius 1 is 1.08 bits per heavy atom. The van der Waals surface area contributed by atoms with Crippen molar-refractivity contribution >= 4 is 7.81 Å². The van der Waals surface area contributed by atoms with Crippen LogP contribution < -0.4 is 29.6 Å². The first-order valence-corrected chi connectivity index (χ1v) is 3.61. The van der Waals surface area contributed by atoms with Crippen LogP contribution in [-0.4, -0.2) is 10.3 Å². The third-order valence-corrected chi connectivity index (χ3v) is 0. The molecule has 0 aliphatic carbocycles. The van der Waals surface area contributed by atoms with Crippen molar-refractivity contribution in [3.05, 3.63) is 10.1 Å². The van der Waals surface area contributed by atoms with Crippen molar-refractivity contribution in [1.29, 1.82) is 0 Å². The minimum Gasteiger partial charge on any atom is -0.328 e. The SMILES string of the molecule is F[P-](F)(F)(F)(F)F.O=[N+]([O-])O.[Na+]. The van der Waals surface area contributed by atoms with Gasteiger partial charge < -0.3 is 5.21 Å². The van der Waals surface area contributed by atoms with E-state index in [0.717, 1.165) is 0 Å². The van der Waals surface area contributed by atoms with Gasteiger partial charge in [0.05, 0.1) is 0 Å². The topological polar surface area (TPSA) is 63.4 Å². The summed E-state index contributed by atoms with van der Waals surface area (Å²) in [5.74, 6) is 0. The molecule has 4 nitrogen and oxygen atoms in total. The number of nitrogens with zero attached hydrogens (tertiary/aromatic N) is 1. The molecule has 0 amide bonds. The van der Waals surface area contributed by atoms with Crippen molar-refractivity contribution < 1.29 is 65.0 Å². The summed E-state index contributed by atoms with van der Waals surface area (Å²) in [7, 11) is -10.7. The maximum Gasteiger partial charge on any atom is 1.00 e. The third-order valence-electron chi connectivity index (χ3n) is 0. The van der Waals surface area contributed by atoms with Crippen molar-refractivity contribution in [3.63, 3.8) is 0 Å². The number of halogens is 6. The molecule has 0 saturated carbocycles. The zero-order valence-electron chi connectivity index (χ0n) is 5.43. The van der Waals surface area contributed by atoms with Gasteiger partial charge in [0, 0.05) is 0 Å². The van der Waals surface area contributed by atoms with Gasteiger partial charge in [-0.1, -0.05) is 0 Å². The Hall–Kier alpha value is 0.210. The van der Waals surface area contributed by atoms with Gasteiger partial charge in [-0.3, -0.25) is 0 Å². The fourth-order valence-electron chi connectivity index (χ4n) is 0. The monoisotopic (exact) mass is 231 g/mol. The van der Waals surface area contributed by atoms with Crippen LogP contribution in [0.1, 0.15) is 0 Å². The summed E-state index contributed by atoms with van der Waals surface area (Å²) in [5.41, 5.74) is 0. The molecule has 0 rings (SSSR count). The zero-order chi connectivity index (χ0) is 9.99. The van der Waals surface area contributed by atoms with Gasteiger partial charge in [0.25, 0.3) is 5.09 Å². The fraction of sp³-hybridized carbons (Fsp3) is 0. The Labute approximate surface area is 83.2 Å². The second-order valence-electron chi connectivity index (χ2n) is 1.20. The van der Waals surface area contributed by atoms with Gasteiger partial charge in [-0.2, -0.15) is 0 Å². The summed E-state index contributed by atoms with van der Waals surface area (Å²) in [6.07, 6.45) is 0. The van der Waals surface area contributed by atoms with E-state index < -0.39 is 12.9 Å². The van der Waals surface area contributed by atoms with Gasteiger partial charge in [0.1, 0.15) is 0 Å².